The van der Waals surface area contributed by atoms with Crippen LogP contribution < -0.4 is 9.64 Å². The summed E-state index contributed by atoms with van der Waals surface area (Å²) >= 11 is 3.58. The summed E-state index contributed by atoms with van der Waals surface area (Å²) in [5, 5.41) is 0. The quantitative estimate of drug-likeness (QED) is 0.793. The number of benzene rings is 1. The van der Waals surface area contributed by atoms with Crippen LogP contribution in [0.25, 0.3) is 0 Å². The summed E-state index contributed by atoms with van der Waals surface area (Å²) in [6.45, 7) is 0.612. The Balaban J connectivity index is 1.45. The van der Waals surface area contributed by atoms with Gasteiger partial charge in [-0.25, -0.2) is 0 Å². The minimum atomic E-state index is 0.612. The third kappa shape index (κ3) is 2.97. The van der Waals surface area contributed by atoms with Gasteiger partial charge in [0.25, 0.3) is 0 Å². The molecule has 0 saturated heterocycles. The highest BCUT2D eigenvalue weighted by Crippen LogP contribution is 2.43. The summed E-state index contributed by atoms with van der Waals surface area (Å²) in [4.78, 5) is 9.22. The maximum Gasteiger partial charge on any atom is 0.124 e. The molecule has 0 radical (unpaired) electrons. The Labute approximate surface area is 139 Å². The molecule has 0 unspecified atom stereocenters. The van der Waals surface area contributed by atoms with Gasteiger partial charge in [0.05, 0.1) is 22.0 Å². The van der Waals surface area contributed by atoms with Crippen LogP contribution in [0.5, 0.6) is 5.75 Å². The van der Waals surface area contributed by atoms with E-state index in [9.17, 15) is 0 Å². The van der Waals surface area contributed by atoms with Gasteiger partial charge in [-0.05, 0) is 31.0 Å². The number of rotatable bonds is 4. The molecule has 1 aromatic heterocycles. The molecular weight excluding hydrogens is 312 g/mol. The smallest absolute Gasteiger partial charge is 0.124 e. The topological polar surface area (TPSA) is 25.4 Å². The maximum atomic E-state index is 5.89. The van der Waals surface area contributed by atoms with Crippen molar-refractivity contribution in [3.05, 3.63) is 34.8 Å². The highest BCUT2D eigenvalue weighted by atomic mass is 32.2. The number of anilines is 1. The Morgan fingerprint density at radius 2 is 2.14 bits per heavy atom. The molecular formula is C17H20N2OS2. The third-order valence-electron chi connectivity index (χ3n) is 4.48. The van der Waals surface area contributed by atoms with Gasteiger partial charge in [0.1, 0.15) is 12.4 Å². The zero-order valence-electron chi connectivity index (χ0n) is 12.5. The lowest BCUT2D eigenvalue weighted by Gasteiger charge is -2.32. The number of hydrogen-bond acceptors (Lipinski definition) is 5. The molecule has 4 rings (SSSR count). The second-order valence-electron chi connectivity index (χ2n) is 5.92. The van der Waals surface area contributed by atoms with Gasteiger partial charge in [-0.3, -0.25) is 4.98 Å². The molecule has 0 atom stereocenters. The van der Waals surface area contributed by atoms with Gasteiger partial charge in [-0.15, -0.1) is 23.1 Å². The fourth-order valence-corrected chi connectivity index (χ4v) is 4.97. The van der Waals surface area contributed by atoms with Crippen LogP contribution in [0, 0.1) is 0 Å². The number of fused-ring (bicyclic) bond motifs is 1. The van der Waals surface area contributed by atoms with E-state index in [1.54, 1.807) is 11.3 Å². The first-order chi connectivity index (χ1) is 10.9. The highest BCUT2D eigenvalue weighted by Gasteiger charge is 2.28. The summed E-state index contributed by atoms with van der Waals surface area (Å²) in [5.41, 5.74) is 3.25. The van der Waals surface area contributed by atoms with Crippen molar-refractivity contribution in [1.29, 1.82) is 0 Å². The molecule has 1 aliphatic carbocycles. The Kier molecular flexibility index (Phi) is 4.26. The number of thiazole rings is 1. The van der Waals surface area contributed by atoms with Crippen LogP contribution in [0.15, 0.2) is 34.8 Å². The second kappa shape index (κ2) is 6.50. The SMILES string of the molecule is c1ncc(COc2ccc3c(c2)SCN3C2CCCCC2)s1. The van der Waals surface area contributed by atoms with Gasteiger partial charge < -0.3 is 9.64 Å². The fraction of sp³-hybridized carbons (Fsp3) is 0.471. The Morgan fingerprint density at radius 3 is 2.95 bits per heavy atom. The van der Waals surface area contributed by atoms with E-state index in [1.807, 2.05) is 23.5 Å². The van der Waals surface area contributed by atoms with Crippen LogP contribution in [0.2, 0.25) is 0 Å². The second-order valence-corrected chi connectivity index (χ2v) is 7.88. The van der Waals surface area contributed by atoms with Crippen molar-refractivity contribution in [2.24, 2.45) is 0 Å². The molecule has 1 aromatic carbocycles. The molecule has 1 fully saturated rings. The van der Waals surface area contributed by atoms with Crippen LogP contribution in [0.3, 0.4) is 0 Å². The first kappa shape index (κ1) is 14.4. The predicted molar refractivity (Wildman–Crippen MR) is 93.0 cm³/mol. The van der Waals surface area contributed by atoms with Gasteiger partial charge in [0, 0.05) is 17.1 Å². The van der Waals surface area contributed by atoms with E-state index >= 15 is 0 Å². The summed E-state index contributed by atoms with van der Waals surface area (Å²) < 4.78 is 5.89. The summed E-state index contributed by atoms with van der Waals surface area (Å²) in [5.74, 6) is 2.06. The first-order valence-corrected chi connectivity index (χ1v) is 9.80. The van der Waals surface area contributed by atoms with Crippen molar-refractivity contribution < 1.29 is 4.74 Å². The van der Waals surface area contributed by atoms with Gasteiger partial charge >= 0.3 is 0 Å². The first-order valence-electron chi connectivity index (χ1n) is 7.94. The molecule has 0 spiro atoms. The Bertz CT molecular complexity index is 624. The van der Waals surface area contributed by atoms with E-state index in [2.05, 4.69) is 28.1 Å². The van der Waals surface area contributed by atoms with Crippen molar-refractivity contribution in [2.75, 3.05) is 10.8 Å². The van der Waals surface area contributed by atoms with Crippen LogP contribution in [-0.2, 0) is 6.61 Å². The van der Waals surface area contributed by atoms with Gasteiger partial charge in [-0.2, -0.15) is 0 Å². The van der Waals surface area contributed by atoms with E-state index in [-0.39, 0.29) is 0 Å². The van der Waals surface area contributed by atoms with E-state index in [1.165, 1.54) is 42.7 Å². The molecule has 22 heavy (non-hydrogen) atoms. The van der Waals surface area contributed by atoms with Crippen LogP contribution in [0.1, 0.15) is 37.0 Å². The Hall–Kier alpha value is -1.20. The van der Waals surface area contributed by atoms with Crippen LogP contribution in [0.4, 0.5) is 5.69 Å². The number of aromatic nitrogens is 1. The number of hydrogen-bond donors (Lipinski definition) is 0. The largest absolute Gasteiger partial charge is 0.488 e. The average molecular weight is 332 g/mol. The molecule has 3 nitrogen and oxygen atoms in total. The maximum absolute atomic E-state index is 5.89. The van der Waals surface area contributed by atoms with E-state index in [4.69, 9.17) is 4.74 Å². The molecule has 2 aliphatic rings. The zero-order chi connectivity index (χ0) is 14.8. The monoisotopic (exact) mass is 332 g/mol. The lowest BCUT2D eigenvalue weighted by atomic mass is 9.94. The molecule has 2 aromatic rings. The molecule has 1 aliphatic heterocycles. The highest BCUT2D eigenvalue weighted by molar-refractivity contribution is 7.99. The van der Waals surface area contributed by atoms with Gasteiger partial charge in [0.2, 0.25) is 0 Å². The minimum absolute atomic E-state index is 0.612. The van der Waals surface area contributed by atoms with Gasteiger partial charge in [0.15, 0.2) is 0 Å². The molecule has 0 N–H and O–H groups in total. The number of thioether (sulfide) groups is 1. The number of ether oxygens (including phenoxy) is 1. The van der Waals surface area contributed by atoms with Crippen LogP contribution in [-0.4, -0.2) is 16.9 Å². The van der Waals surface area contributed by atoms with Crippen LogP contribution >= 0.6 is 23.1 Å². The van der Waals surface area contributed by atoms with E-state index in [0.717, 1.165) is 22.5 Å². The molecule has 5 heteroatoms. The lowest BCUT2D eigenvalue weighted by molar-refractivity contribution is 0.309. The average Bonchev–Trinajstić information content (AvgIpc) is 3.23. The van der Waals surface area contributed by atoms with Crippen molar-refractivity contribution in [3.8, 4) is 5.75 Å². The summed E-state index contributed by atoms with van der Waals surface area (Å²) in [6.07, 6.45) is 8.76. The van der Waals surface area contributed by atoms with Crippen molar-refractivity contribution in [3.63, 3.8) is 0 Å². The molecule has 1 saturated carbocycles. The third-order valence-corrected chi connectivity index (χ3v) is 6.28. The molecule has 0 bridgehead atoms. The minimum Gasteiger partial charge on any atom is -0.488 e. The van der Waals surface area contributed by atoms with Crippen molar-refractivity contribution in [2.45, 2.75) is 49.6 Å². The van der Waals surface area contributed by atoms with E-state index < -0.39 is 0 Å². The molecule has 2 heterocycles. The summed E-state index contributed by atoms with van der Waals surface area (Å²) in [6, 6.07) is 7.30. The number of nitrogens with zero attached hydrogens (tertiary/aromatic N) is 2. The zero-order valence-corrected chi connectivity index (χ0v) is 14.2. The molecule has 0 amide bonds. The fourth-order valence-electron chi connectivity index (χ4n) is 3.31. The van der Waals surface area contributed by atoms with Crippen molar-refractivity contribution in [1.82, 2.24) is 4.98 Å². The van der Waals surface area contributed by atoms with E-state index in [0.29, 0.717) is 6.61 Å². The van der Waals surface area contributed by atoms with Crippen molar-refractivity contribution >= 4 is 28.8 Å². The summed E-state index contributed by atoms with van der Waals surface area (Å²) in [7, 11) is 0. The predicted octanol–water partition coefficient (Wildman–Crippen LogP) is 4.92. The molecule has 116 valence electrons. The van der Waals surface area contributed by atoms with Gasteiger partial charge in [-0.1, -0.05) is 19.3 Å². The standard InChI is InChI=1S/C17H20N2OS2/c1-2-4-13(5-3-1)19-12-22-17-8-14(6-7-16(17)19)20-10-15-9-18-11-21-15/h6-9,11,13H,1-5,10,12H2. The normalized spacial score (nSPS) is 18.5. The Morgan fingerprint density at radius 1 is 1.23 bits per heavy atom. The lowest BCUT2D eigenvalue weighted by Crippen LogP contribution is -2.34.